The van der Waals surface area contributed by atoms with Gasteiger partial charge in [0.25, 0.3) is 0 Å². The Bertz CT molecular complexity index is 1380. The van der Waals surface area contributed by atoms with E-state index in [1.54, 1.807) is 0 Å². The zero-order chi connectivity index (χ0) is 53.9. The van der Waals surface area contributed by atoms with Crippen LogP contribution in [0.4, 0.5) is 0 Å². The lowest BCUT2D eigenvalue weighted by Crippen LogP contribution is -2.61. The molecule has 0 saturated carbocycles. The van der Waals surface area contributed by atoms with Crippen LogP contribution in [0.1, 0.15) is 245 Å². The van der Waals surface area contributed by atoms with Gasteiger partial charge in [0.05, 0.1) is 19.8 Å². The monoisotopic (exact) mass is 1060 g/mol. The summed E-state index contributed by atoms with van der Waals surface area (Å²) < 4.78 is 33.7. The molecule has 434 valence electrons. The Labute approximate surface area is 447 Å². The molecule has 2 heterocycles. The van der Waals surface area contributed by atoms with Crippen molar-refractivity contribution in [3.05, 3.63) is 24.3 Å². The molecule has 0 radical (unpaired) electrons. The standard InChI is InChI=1S/C59H108O15/c1-3-5-7-9-11-13-15-17-19-20-21-22-23-24-25-26-28-30-32-34-36-38-40-42-51(62)72-47(44-69-50(61)41-39-37-35-33-31-29-27-18-16-14-12-10-8-6-4-2)45-70-58-57(68)55(66)53(64)49(74-58)46-71-59-56(67)54(65)52(63)48(43-60)73-59/h12,14,18,27,47-49,52-60,63-68H,3-11,13,15-17,19-26,28-46H2,1-2H3/b14-12+,27-18+/t47-,48+,49+,52-,53-,54?,55?,56?,57?,58+,59+/m1/s1. The highest BCUT2D eigenvalue weighted by Crippen LogP contribution is 2.27. The molecule has 2 saturated heterocycles. The van der Waals surface area contributed by atoms with Crippen molar-refractivity contribution in [2.24, 2.45) is 0 Å². The molecule has 0 aliphatic carbocycles. The van der Waals surface area contributed by atoms with Gasteiger partial charge in [-0.25, -0.2) is 0 Å². The minimum atomic E-state index is -1.77. The van der Waals surface area contributed by atoms with Crippen molar-refractivity contribution in [2.45, 2.75) is 313 Å². The summed E-state index contributed by atoms with van der Waals surface area (Å²) in [6.07, 6.45) is 33.5. The summed E-state index contributed by atoms with van der Waals surface area (Å²) >= 11 is 0. The van der Waals surface area contributed by atoms with Crippen molar-refractivity contribution in [1.29, 1.82) is 0 Å². The number of rotatable bonds is 48. The number of carbonyl (C=O) groups is 2. The number of unbranched alkanes of at least 4 members (excludes halogenated alkanes) is 30. The molecule has 0 aromatic rings. The fraction of sp³-hybridized carbons (Fsp3) is 0.898. The topological polar surface area (TPSA) is 231 Å². The molecule has 0 spiro atoms. The van der Waals surface area contributed by atoms with Crippen LogP contribution in [0.25, 0.3) is 0 Å². The number of allylic oxidation sites excluding steroid dienone is 4. The van der Waals surface area contributed by atoms with Gasteiger partial charge in [0.1, 0.15) is 55.4 Å². The highest BCUT2D eigenvalue weighted by atomic mass is 16.7. The largest absolute Gasteiger partial charge is 0.462 e. The normalized spacial score (nSPS) is 24.8. The lowest BCUT2D eigenvalue weighted by Gasteiger charge is -2.42. The molecule has 11 atom stereocenters. The zero-order valence-electron chi connectivity index (χ0n) is 46.3. The average molecular weight is 1060 g/mol. The minimum absolute atomic E-state index is 0.167. The van der Waals surface area contributed by atoms with E-state index in [9.17, 15) is 45.3 Å². The Morgan fingerprint density at radius 3 is 1.28 bits per heavy atom. The number of aliphatic hydroxyl groups excluding tert-OH is 7. The molecule has 2 fully saturated rings. The number of hydrogen-bond acceptors (Lipinski definition) is 15. The van der Waals surface area contributed by atoms with Crippen LogP contribution in [-0.2, 0) is 38.0 Å². The molecule has 0 bridgehead atoms. The van der Waals surface area contributed by atoms with Crippen LogP contribution >= 0.6 is 0 Å². The molecule has 7 N–H and O–H groups in total. The molecule has 15 heteroatoms. The van der Waals surface area contributed by atoms with Crippen LogP contribution < -0.4 is 0 Å². The number of hydrogen-bond donors (Lipinski definition) is 7. The van der Waals surface area contributed by atoms with Crippen molar-refractivity contribution in [3.63, 3.8) is 0 Å². The smallest absolute Gasteiger partial charge is 0.306 e. The van der Waals surface area contributed by atoms with Gasteiger partial charge in [-0.05, 0) is 44.9 Å². The van der Waals surface area contributed by atoms with Crippen LogP contribution in [0.5, 0.6) is 0 Å². The summed E-state index contributed by atoms with van der Waals surface area (Å²) in [5, 5.41) is 72.3. The molecule has 2 rings (SSSR count). The van der Waals surface area contributed by atoms with Crippen LogP contribution in [0, 0.1) is 0 Å². The van der Waals surface area contributed by atoms with E-state index in [2.05, 4.69) is 38.2 Å². The maximum atomic E-state index is 13.1. The zero-order valence-corrected chi connectivity index (χ0v) is 46.3. The summed E-state index contributed by atoms with van der Waals surface area (Å²) in [5.74, 6) is -0.928. The molecule has 4 unspecified atom stereocenters. The highest BCUT2D eigenvalue weighted by molar-refractivity contribution is 5.70. The Hall–Kier alpha value is -2.02. The van der Waals surface area contributed by atoms with Gasteiger partial charge in [-0.1, -0.05) is 212 Å². The number of ether oxygens (including phenoxy) is 6. The van der Waals surface area contributed by atoms with E-state index >= 15 is 0 Å². The van der Waals surface area contributed by atoms with Gasteiger partial charge in [0.2, 0.25) is 0 Å². The Morgan fingerprint density at radius 1 is 0.432 bits per heavy atom. The molecule has 74 heavy (non-hydrogen) atoms. The quantitative estimate of drug-likeness (QED) is 0.0171. The minimum Gasteiger partial charge on any atom is -0.462 e. The molecule has 2 aliphatic heterocycles. The summed E-state index contributed by atoms with van der Waals surface area (Å²) in [4.78, 5) is 25.9. The van der Waals surface area contributed by atoms with Crippen molar-refractivity contribution in [2.75, 3.05) is 26.4 Å². The molecular formula is C59H108O15. The fourth-order valence-corrected chi connectivity index (χ4v) is 9.54. The van der Waals surface area contributed by atoms with Gasteiger partial charge in [0.15, 0.2) is 18.7 Å². The first-order valence-corrected chi connectivity index (χ1v) is 29.9. The molecule has 15 nitrogen and oxygen atoms in total. The predicted octanol–water partition coefficient (Wildman–Crippen LogP) is 10.3. The first kappa shape index (κ1) is 68.1. The number of aliphatic hydroxyl groups is 7. The number of carbonyl (C=O) groups excluding carboxylic acids is 2. The molecule has 2 aliphatic rings. The Kier molecular flexibility index (Phi) is 42.3. The first-order valence-electron chi connectivity index (χ1n) is 29.9. The summed E-state index contributed by atoms with van der Waals surface area (Å²) in [5.41, 5.74) is 0. The van der Waals surface area contributed by atoms with Crippen LogP contribution in [0.3, 0.4) is 0 Å². The van der Waals surface area contributed by atoms with E-state index in [0.717, 1.165) is 64.2 Å². The van der Waals surface area contributed by atoms with Gasteiger partial charge in [0, 0.05) is 12.8 Å². The highest BCUT2D eigenvalue weighted by Gasteiger charge is 2.47. The lowest BCUT2D eigenvalue weighted by molar-refractivity contribution is -0.332. The third-order valence-electron chi connectivity index (χ3n) is 14.4. The first-order chi connectivity index (χ1) is 36.0. The second kappa shape index (κ2) is 45.9. The average Bonchev–Trinajstić information content (AvgIpc) is 3.39. The fourth-order valence-electron chi connectivity index (χ4n) is 9.54. The third-order valence-corrected chi connectivity index (χ3v) is 14.4. The van der Waals surface area contributed by atoms with Gasteiger partial charge in [-0.3, -0.25) is 9.59 Å². The molecule has 0 amide bonds. The third kappa shape index (κ3) is 32.7. The molecular weight excluding hydrogens is 949 g/mol. The van der Waals surface area contributed by atoms with Crippen molar-refractivity contribution in [3.8, 4) is 0 Å². The maximum absolute atomic E-state index is 13.1. The van der Waals surface area contributed by atoms with E-state index < -0.39 is 92.7 Å². The van der Waals surface area contributed by atoms with E-state index in [1.165, 1.54) is 141 Å². The van der Waals surface area contributed by atoms with Gasteiger partial charge >= 0.3 is 11.9 Å². The second-order valence-electron chi connectivity index (χ2n) is 21.2. The Balaban J connectivity index is 1.72. The van der Waals surface area contributed by atoms with Gasteiger partial charge in [-0.2, -0.15) is 0 Å². The molecule has 0 aromatic carbocycles. The Morgan fingerprint density at radius 2 is 0.811 bits per heavy atom. The van der Waals surface area contributed by atoms with Crippen molar-refractivity contribution < 1.29 is 73.8 Å². The van der Waals surface area contributed by atoms with Gasteiger partial charge in [-0.15, -0.1) is 0 Å². The van der Waals surface area contributed by atoms with E-state index in [4.69, 9.17) is 28.4 Å². The SMILES string of the molecule is CCCCC/C=C/C/C=C/CCCCCCCC(=O)OC[C@H](CO[C@H]1O[C@@H](CO[C@H]2O[C@@H](CO)[C@@H](O)C(O)C2O)[C@@H](O)C(O)C1O)OC(=O)CCCCCCCCCCCCCCCCCCCCCCCCC. The van der Waals surface area contributed by atoms with Crippen molar-refractivity contribution >= 4 is 11.9 Å². The summed E-state index contributed by atoms with van der Waals surface area (Å²) in [6.45, 7) is 2.60. The second-order valence-corrected chi connectivity index (χ2v) is 21.2. The maximum Gasteiger partial charge on any atom is 0.306 e. The molecule has 0 aromatic heterocycles. The number of esters is 2. The van der Waals surface area contributed by atoms with Gasteiger partial charge < -0.3 is 64.2 Å². The van der Waals surface area contributed by atoms with E-state index in [0.29, 0.717) is 12.8 Å². The van der Waals surface area contributed by atoms with Crippen molar-refractivity contribution in [1.82, 2.24) is 0 Å². The van der Waals surface area contributed by atoms with Crippen LogP contribution in [-0.4, -0.2) is 142 Å². The van der Waals surface area contributed by atoms with Crippen LogP contribution in [0.15, 0.2) is 24.3 Å². The lowest BCUT2D eigenvalue weighted by atomic mass is 9.98. The predicted molar refractivity (Wildman–Crippen MR) is 289 cm³/mol. The van der Waals surface area contributed by atoms with E-state index in [1.807, 2.05) is 0 Å². The summed E-state index contributed by atoms with van der Waals surface area (Å²) in [7, 11) is 0. The summed E-state index contributed by atoms with van der Waals surface area (Å²) in [6, 6.07) is 0. The van der Waals surface area contributed by atoms with Crippen LogP contribution in [0.2, 0.25) is 0 Å². The van der Waals surface area contributed by atoms with E-state index in [-0.39, 0.29) is 26.1 Å².